The van der Waals surface area contributed by atoms with Gasteiger partial charge in [0.25, 0.3) is 0 Å². The molecule has 5 rings (SSSR count). The Bertz CT molecular complexity index is 1030. The van der Waals surface area contributed by atoms with Crippen molar-refractivity contribution in [2.45, 2.75) is 165 Å². The summed E-state index contributed by atoms with van der Waals surface area (Å²) in [5, 5.41) is 0. The Kier molecular flexibility index (Phi) is 14.8. The summed E-state index contributed by atoms with van der Waals surface area (Å²) < 4.78 is 27.8. The highest BCUT2D eigenvalue weighted by atomic mass is 16.6. The van der Waals surface area contributed by atoms with E-state index in [-0.39, 0.29) is 50.6 Å². The molecule has 3 unspecified atom stereocenters. The zero-order valence-electron chi connectivity index (χ0n) is 28.8. The standard InChI is InChI=1S/C25H42O5.C10H16O4.2CH4/c1-7-22(4,5)20(26)28-10-11-29-25-15-18-12-19(16-25)14-24(13-18,17-25)21(27)30-23(6,8-2)9-3;1-4-10(2,3)9(12)14-7-5-6-13-8(7)11;;/h18-19H,7-17H2,1-6H3;7H,4-6H2,1-3H3;2*1H4. The number of hydrogen-bond donors (Lipinski definition) is 0. The van der Waals surface area contributed by atoms with Crippen LogP contribution in [0.25, 0.3) is 0 Å². The van der Waals surface area contributed by atoms with Crippen LogP contribution in [-0.4, -0.2) is 61.0 Å². The maximum absolute atomic E-state index is 13.4. The molecule has 0 amide bonds. The molecule has 5 aliphatic rings. The Balaban J connectivity index is 0.000000561. The first-order chi connectivity index (χ1) is 20.5. The van der Waals surface area contributed by atoms with Crippen molar-refractivity contribution < 1.29 is 42.9 Å². The zero-order valence-corrected chi connectivity index (χ0v) is 28.8. The summed E-state index contributed by atoms with van der Waals surface area (Å²) in [5.41, 5.74) is -2.02. The lowest BCUT2D eigenvalue weighted by Crippen LogP contribution is -2.60. The summed E-state index contributed by atoms with van der Waals surface area (Å²) in [7, 11) is 0. The van der Waals surface area contributed by atoms with Crippen LogP contribution in [0.1, 0.15) is 148 Å². The molecule has 0 aromatic rings. The van der Waals surface area contributed by atoms with Crippen LogP contribution in [0.3, 0.4) is 0 Å². The minimum Gasteiger partial charge on any atom is -0.463 e. The first-order valence-corrected chi connectivity index (χ1v) is 16.9. The Morgan fingerprint density at radius 3 is 1.83 bits per heavy atom. The monoisotopic (exact) mass is 654 g/mol. The molecule has 1 heterocycles. The van der Waals surface area contributed by atoms with Crippen LogP contribution in [-0.2, 0) is 42.9 Å². The molecule has 5 fully saturated rings. The Hall–Kier alpha value is -2.16. The van der Waals surface area contributed by atoms with E-state index in [1.165, 1.54) is 6.42 Å². The number of esters is 4. The fourth-order valence-corrected chi connectivity index (χ4v) is 7.06. The van der Waals surface area contributed by atoms with Gasteiger partial charge >= 0.3 is 23.9 Å². The van der Waals surface area contributed by atoms with Crippen LogP contribution in [0.4, 0.5) is 0 Å². The van der Waals surface area contributed by atoms with E-state index in [0.717, 1.165) is 51.4 Å². The topological polar surface area (TPSA) is 114 Å². The molecule has 9 nitrogen and oxygen atoms in total. The average Bonchev–Trinajstić information content (AvgIpc) is 3.38. The number of cyclic esters (lactones) is 1. The number of ether oxygens (including phenoxy) is 5. The number of rotatable bonds is 13. The fourth-order valence-electron chi connectivity index (χ4n) is 7.06. The molecule has 268 valence electrons. The van der Waals surface area contributed by atoms with Gasteiger partial charge in [-0.1, -0.05) is 42.5 Å². The quantitative estimate of drug-likeness (QED) is 0.111. The molecule has 46 heavy (non-hydrogen) atoms. The van der Waals surface area contributed by atoms with Gasteiger partial charge in [0, 0.05) is 6.42 Å². The normalized spacial score (nSPS) is 28.1. The molecule has 0 radical (unpaired) electrons. The highest BCUT2D eigenvalue weighted by Gasteiger charge is 2.62. The van der Waals surface area contributed by atoms with Gasteiger partial charge < -0.3 is 23.7 Å². The minimum absolute atomic E-state index is 0. The van der Waals surface area contributed by atoms with E-state index < -0.39 is 28.3 Å². The van der Waals surface area contributed by atoms with Gasteiger partial charge in [-0.15, -0.1) is 0 Å². The Labute approximate surface area is 279 Å². The number of carbonyl (C=O) groups excluding carboxylic acids is 4. The Morgan fingerprint density at radius 2 is 1.35 bits per heavy atom. The van der Waals surface area contributed by atoms with Crippen LogP contribution in [0, 0.1) is 28.1 Å². The smallest absolute Gasteiger partial charge is 0.347 e. The third kappa shape index (κ3) is 9.70. The van der Waals surface area contributed by atoms with Crippen LogP contribution in [0.2, 0.25) is 0 Å². The van der Waals surface area contributed by atoms with Gasteiger partial charge in [-0.3, -0.25) is 14.4 Å². The lowest BCUT2D eigenvalue weighted by Gasteiger charge is -2.60. The van der Waals surface area contributed by atoms with E-state index in [9.17, 15) is 19.2 Å². The second kappa shape index (κ2) is 16.3. The molecule has 9 heteroatoms. The van der Waals surface area contributed by atoms with Crippen LogP contribution in [0.5, 0.6) is 0 Å². The van der Waals surface area contributed by atoms with E-state index in [4.69, 9.17) is 23.7 Å². The summed E-state index contributed by atoms with van der Waals surface area (Å²) in [6.07, 6.45) is 8.77. The Morgan fingerprint density at radius 1 is 0.804 bits per heavy atom. The molecule has 0 spiro atoms. The fraction of sp³-hybridized carbons (Fsp3) is 0.892. The van der Waals surface area contributed by atoms with Gasteiger partial charge in [-0.05, 0) is 111 Å². The van der Waals surface area contributed by atoms with Crippen LogP contribution >= 0.6 is 0 Å². The maximum atomic E-state index is 13.4. The van der Waals surface area contributed by atoms with Gasteiger partial charge in [0.2, 0.25) is 6.10 Å². The van der Waals surface area contributed by atoms with Crippen molar-refractivity contribution >= 4 is 23.9 Å². The molecule has 4 aliphatic carbocycles. The average molecular weight is 655 g/mol. The first-order valence-electron chi connectivity index (χ1n) is 16.9. The molecule has 4 bridgehead atoms. The second-order valence-corrected chi connectivity index (χ2v) is 15.3. The molecule has 1 saturated heterocycles. The zero-order chi connectivity index (χ0) is 33.0. The SMILES string of the molecule is C.C.CCC(C)(C)C(=O)OC1CCOC1=O.CCC(C)(CC)OC(=O)C12CC3CC(CC(OCCOC(=O)C(C)(C)CC)(C3)C1)C2. The lowest BCUT2D eigenvalue weighted by molar-refractivity contribution is -0.220. The number of carbonyl (C=O) groups is 4. The van der Waals surface area contributed by atoms with Gasteiger partial charge in [0.05, 0.1) is 35.1 Å². The van der Waals surface area contributed by atoms with Gasteiger partial charge in [-0.25, -0.2) is 4.79 Å². The van der Waals surface area contributed by atoms with Crippen LogP contribution < -0.4 is 0 Å². The van der Waals surface area contributed by atoms with Crippen molar-refractivity contribution in [2.24, 2.45) is 28.1 Å². The summed E-state index contributed by atoms with van der Waals surface area (Å²) in [6.45, 7) is 18.6. The summed E-state index contributed by atoms with van der Waals surface area (Å²) >= 11 is 0. The molecule has 0 aromatic carbocycles. The van der Waals surface area contributed by atoms with Crippen molar-refractivity contribution in [3.63, 3.8) is 0 Å². The van der Waals surface area contributed by atoms with Crippen molar-refractivity contribution in [2.75, 3.05) is 19.8 Å². The largest absolute Gasteiger partial charge is 0.463 e. The van der Waals surface area contributed by atoms with E-state index in [2.05, 4.69) is 13.8 Å². The molecule has 4 saturated carbocycles. The molecular weight excluding hydrogens is 588 g/mol. The summed E-state index contributed by atoms with van der Waals surface area (Å²) in [4.78, 5) is 48.2. The van der Waals surface area contributed by atoms with Gasteiger partial charge in [0.1, 0.15) is 12.2 Å². The first kappa shape index (κ1) is 41.9. The highest BCUT2D eigenvalue weighted by Crippen LogP contribution is 2.63. The van der Waals surface area contributed by atoms with Gasteiger partial charge in [0.15, 0.2) is 0 Å². The molecule has 0 N–H and O–H groups in total. The molecule has 0 aromatic heterocycles. The van der Waals surface area contributed by atoms with E-state index in [1.54, 1.807) is 13.8 Å². The lowest BCUT2D eigenvalue weighted by atomic mass is 9.48. The predicted octanol–water partition coefficient (Wildman–Crippen LogP) is 8.00. The summed E-state index contributed by atoms with van der Waals surface area (Å²) in [5.74, 6) is 0.142. The van der Waals surface area contributed by atoms with Crippen molar-refractivity contribution in [3.8, 4) is 0 Å². The van der Waals surface area contributed by atoms with E-state index >= 15 is 0 Å². The summed E-state index contributed by atoms with van der Waals surface area (Å²) in [6, 6.07) is 0. The van der Waals surface area contributed by atoms with Gasteiger partial charge in [-0.2, -0.15) is 0 Å². The third-order valence-corrected chi connectivity index (χ3v) is 11.0. The number of hydrogen-bond acceptors (Lipinski definition) is 9. The minimum atomic E-state index is -0.687. The van der Waals surface area contributed by atoms with Crippen LogP contribution in [0.15, 0.2) is 0 Å². The van der Waals surface area contributed by atoms with E-state index in [0.29, 0.717) is 37.9 Å². The predicted molar refractivity (Wildman–Crippen MR) is 179 cm³/mol. The van der Waals surface area contributed by atoms with E-state index in [1.807, 2.05) is 34.6 Å². The molecule has 1 aliphatic heterocycles. The highest BCUT2D eigenvalue weighted by molar-refractivity contribution is 5.82. The second-order valence-electron chi connectivity index (χ2n) is 15.3. The van der Waals surface area contributed by atoms with Crippen molar-refractivity contribution in [1.82, 2.24) is 0 Å². The molecular formula is C37H66O9. The maximum Gasteiger partial charge on any atom is 0.347 e. The van der Waals surface area contributed by atoms with Crippen molar-refractivity contribution in [3.05, 3.63) is 0 Å². The third-order valence-electron chi connectivity index (χ3n) is 11.0. The molecule has 3 atom stereocenters. The van der Waals surface area contributed by atoms with Crippen molar-refractivity contribution in [1.29, 1.82) is 0 Å².